The van der Waals surface area contributed by atoms with Crippen LogP contribution in [0.1, 0.15) is 15.9 Å². The van der Waals surface area contributed by atoms with Crippen LogP contribution in [0.25, 0.3) is 0 Å². The molecular formula is C14H10ClIN2O2. The number of aromatic hydroxyl groups is 1. The zero-order valence-electron chi connectivity index (χ0n) is 10.2. The third-order valence-corrected chi connectivity index (χ3v) is 3.49. The first kappa shape index (κ1) is 14.8. The van der Waals surface area contributed by atoms with Crippen molar-refractivity contribution in [3.05, 3.63) is 62.2 Å². The first-order chi connectivity index (χ1) is 9.58. The van der Waals surface area contributed by atoms with Gasteiger partial charge in [0.15, 0.2) is 0 Å². The lowest BCUT2D eigenvalue weighted by atomic mass is 10.2. The van der Waals surface area contributed by atoms with Crippen LogP contribution < -0.4 is 5.43 Å². The Morgan fingerprint density at radius 1 is 1.30 bits per heavy atom. The average molecular weight is 401 g/mol. The molecule has 0 unspecified atom stereocenters. The van der Waals surface area contributed by atoms with E-state index in [9.17, 15) is 9.90 Å². The molecule has 0 saturated heterocycles. The Hall–Kier alpha value is -1.60. The van der Waals surface area contributed by atoms with Gasteiger partial charge < -0.3 is 5.11 Å². The molecule has 2 N–H and O–H groups in total. The molecule has 1 amide bonds. The predicted octanol–water partition coefficient (Wildman–Crippen LogP) is 3.41. The largest absolute Gasteiger partial charge is 0.507 e. The van der Waals surface area contributed by atoms with E-state index in [2.05, 4.69) is 33.1 Å². The summed E-state index contributed by atoms with van der Waals surface area (Å²) in [6, 6.07) is 11.9. The molecule has 0 aliphatic carbocycles. The summed E-state index contributed by atoms with van der Waals surface area (Å²) in [5, 5.41) is 14.0. The maximum absolute atomic E-state index is 11.9. The van der Waals surface area contributed by atoms with Crippen LogP contribution in [0.2, 0.25) is 5.02 Å². The molecule has 0 spiro atoms. The number of nitrogens with one attached hydrogen (secondary N) is 1. The fourth-order valence-corrected chi connectivity index (χ4v) is 2.17. The van der Waals surface area contributed by atoms with Crippen LogP contribution in [-0.2, 0) is 0 Å². The summed E-state index contributed by atoms with van der Waals surface area (Å²) in [7, 11) is 0. The van der Waals surface area contributed by atoms with Gasteiger partial charge in [-0.15, -0.1) is 0 Å². The van der Waals surface area contributed by atoms with Crippen molar-refractivity contribution < 1.29 is 9.90 Å². The Morgan fingerprint density at radius 3 is 2.80 bits per heavy atom. The summed E-state index contributed by atoms with van der Waals surface area (Å²) >= 11 is 8.02. The number of carbonyl (C=O) groups is 1. The first-order valence-electron chi connectivity index (χ1n) is 5.64. The second-order valence-electron chi connectivity index (χ2n) is 3.88. The van der Waals surface area contributed by atoms with E-state index in [1.807, 2.05) is 12.1 Å². The third kappa shape index (κ3) is 3.71. The summed E-state index contributed by atoms with van der Waals surface area (Å²) in [4.78, 5) is 11.9. The minimum absolute atomic E-state index is 0.0872. The second kappa shape index (κ2) is 6.71. The van der Waals surface area contributed by atoms with Crippen molar-refractivity contribution in [2.45, 2.75) is 0 Å². The topological polar surface area (TPSA) is 61.7 Å². The van der Waals surface area contributed by atoms with Gasteiger partial charge in [-0.25, -0.2) is 5.43 Å². The molecule has 6 heteroatoms. The number of carbonyl (C=O) groups excluding carboxylic acids is 1. The van der Waals surface area contributed by atoms with Crippen LogP contribution in [0.4, 0.5) is 0 Å². The van der Waals surface area contributed by atoms with Gasteiger partial charge >= 0.3 is 0 Å². The van der Waals surface area contributed by atoms with Crippen LogP contribution in [0.5, 0.6) is 5.75 Å². The molecule has 0 radical (unpaired) electrons. The molecule has 2 rings (SSSR count). The SMILES string of the molecule is O=C(N/N=C/c1ccccc1Cl)c1cc(I)ccc1O. The van der Waals surface area contributed by atoms with Gasteiger partial charge in [-0.05, 0) is 46.9 Å². The number of phenolic OH excluding ortho intramolecular Hbond substituents is 1. The maximum atomic E-state index is 11.9. The van der Waals surface area contributed by atoms with Gasteiger partial charge in [0.05, 0.1) is 11.8 Å². The van der Waals surface area contributed by atoms with Crippen LogP contribution in [-0.4, -0.2) is 17.2 Å². The number of phenols is 1. The molecule has 4 nitrogen and oxygen atoms in total. The Labute approximate surface area is 134 Å². The Kier molecular flexibility index (Phi) is 4.97. The number of hydrogen-bond donors (Lipinski definition) is 2. The summed E-state index contributed by atoms with van der Waals surface area (Å²) in [5.74, 6) is -0.569. The number of nitrogens with zero attached hydrogens (tertiary/aromatic N) is 1. The lowest BCUT2D eigenvalue weighted by Gasteiger charge is -2.03. The van der Waals surface area contributed by atoms with Crippen LogP contribution in [0, 0.1) is 3.57 Å². The summed E-state index contributed by atoms with van der Waals surface area (Å²) in [6.07, 6.45) is 1.45. The Bertz CT molecular complexity index is 674. The van der Waals surface area contributed by atoms with E-state index in [4.69, 9.17) is 11.6 Å². The number of halogens is 2. The lowest BCUT2D eigenvalue weighted by Crippen LogP contribution is -2.17. The molecule has 0 bridgehead atoms. The Balaban J connectivity index is 2.09. The van der Waals surface area contributed by atoms with Crippen LogP contribution >= 0.6 is 34.2 Å². The second-order valence-corrected chi connectivity index (χ2v) is 5.53. The number of hydrogen-bond acceptors (Lipinski definition) is 3. The van der Waals surface area contributed by atoms with Gasteiger partial charge in [0.2, 0.25) is 0 Å². The molecule has 0 aliphatic heterocycles. The molecule has 0 fully saturated rings. The predicted molar refractivity (Wildman–Crippen MR) is 87.3 cm³/mol. The van der Waals surface area contributed by atoms with Crippen molar-refractivity contribution in [1.29, 1.82) is 0 Å². The minimum atomic E-state index is -0.482. The summed E-state index contributed by atoms with van der Waals surface area (Å²) in [5.41, 5.74) is 3.22. The standard InChI is InChI=1S/C14H10ClIN2O2/c15-12-4-2-1-3-9(12)8-17-18-14(20)11-7-10(16)5-6-13(11)19/h1-8,19H,(H,18,20)/b17-8+. The highest BCUT2D eigenvalue weighted by Gasteiger charge is 2.10. The van der Waals surface area contributed by atoms with E-state index in [0.29, 0.717) is 10.6 Å². The smallest absolute Gasteiger partial charge is 0.275 e. The number of benzene rings is 2. The van der Waals surface area contributed by atoms with Gasteiger partial charge in [0.1, 0.15) is 5.75 Å². The van der Waals surface area contributed by atoms with E-state index in [1.54, 1.807) is 24.3 Å². The third-order valence-electron chi connectivity index (χ3n) is 2.48. The van der Waals surface area contributed by atoms with Gasteiger partial charge in [0, 0.05) is 14.2 Å². The highest BCUT2D eigenvalue weighted by atomic mass is 127. The van der Waals surface area contributed by atoms with Crippen molar-refractivity contribution >= 4 is 46.3 Å². The normalized spacial score (nSPS) is 10.7. The van der Waals surface area contributed by atoms with Gasteiger partial charge in [-0.2, -0.15) is 5.10 Å². The average Bonchev–Trinajstić information content (AvgIpc) is 2.43. The van der Waals surface area contributed by atoms with Crippen molar-refractivity contribution in [2.24, 2.45) is 5.10 Å². The van der Waals surface area contributed by atoms with Crippen molar-refractivity contribution in [2.75, 3.05) is 0 Å². The molecule has 0 aromatic heterocycles. The van der Waals surface area contributed by atoms with Gasteiger partial charge in [-0.3, -0.25) is 4.79 Å². The quantitative estimate of drug-likeness (QED) is 0.471. The molecule has 0 saturated carbocycles. The molecule has 2 aromatic rings. The molecule has 0 heterocycles. The number of hydrazone groups is 1. The Morgan fingerprint density at radius 2 is 2.05 bits per heavy atom. The molecule has 20 heavy (non-hydrogen) atoms. The zero-order chi connectivity index (χ0) is 14.5. The van der Waals surface area contributed by atoms with Crippen molar-refractivity contribution in [3.63, 3.8) is 0 Å². The lowest BCUT2D eigenvalue weighted by molar-refractivity contribution is 0.0952. The molecule has 0 aliphatic rings. The fraction of sp³-hybridized carbons (Fsp3) is 0. The summed E-state index contributed by atoms with van der Waals surface area (Å²) in [6.45, 7) is 0. The number of amides is 1. The van der Waals surface area contributed by atoms with E-state index < -0.39 is 5.91 Å². The monoisotopic (exact) mass is 400 g/mol. The maximum Gasteiger partial charge on any atom is 0.275 e. The summed E-state index contributed by atoms with van der Waals surface area (Å²) < 4.78 is 0.848. The molecular weight excluding hydrogens is 391 g/mol. The van der Waals surface area contributed by atoms with E-state index in [1.165, 1.54) is 12.3 Å². The first-order valence-corrected chi connectivity index (χ1v) is 7.10. The fourth-order valence-electron chi connectivity index (χ4n) is 1.49. The minimum Gasteiger partial charge on any atom is -0.507 e. The van der Waals surface area contributed by atoms with Crippen molar-refractivity contribution in [3.8, 4) is 5.75 Å². The van der Waals surface area contributed by atoms with E-state index in [-0.39, 0.29) is 11.3 Å². The zero-order valence-corrected chi connectivity index (χ0v) is 13.1. The van der Waals surface area contributed by atoms with E-state index >= 15 is 0 Å². The van der Waals surface area contributed by atoms with Crippen LogP contribution in [0.15, 0.2) is 47.6 Å². The van der Waals surface area contributed by atoms with Crippen molar-refractivity contribution in [1.82, 2.24) is 5.43 Å². The molecule has 2 aromatic carbocycles. The molecule has 0 atom stereocenters. The van der Waals surface area contributed by atoms with Crippen LogP contribution in [0.3, 0.4) is 0 Å². The highest BCUT2D eigenvalue weighted by Crippen LogP contribution is 2.19. The molecule has 102 valence electrons. The van der Waals surface area contributed by atoms with Gasteiger partial charge in [-0.1, -0.05) is 29.8 Å². The number of rotatable bonds is 3. The van der Waals surface area contributed by atoms with Gasteiger partial charge in [0.25, 0.3) is 5.91 Å². The van der Waals surface area contributed by atoms with E-state index in [0.717, 1.165) is 3.57 Å². The highest BCUT2D eigenvalue weighted by molar-refractivity contribution is 14.1.